The molecule has 1 N–H and O–H groups in total. The van der Waals surface area contributed by atoms with Gasteiger partial charge in [0.25, 0.3) is 0 Å². The molecule has 0 saturated heterocycles. The number of hydrogen-bond acceptors (Lipinski definition) is 3. The van der Waals surface area contributed by atoms with E-state index in [9.17, 15) is 18.4 Å². The van der Waals surface area contributed by atoms with Crippen molar-refractivity contribution in [3.05, 3.63) is 88.7 Å². The second-order valence-electron chi connectivity index (χ2n) is 8.01. The van der Waals surface area contributed by atoms with Gasteiger partial charge in [0.15, 0.2) is 0 Å². The predicted molar refractivity (Wildman–Crippen MR) is 115 cm³/mol. The van der Waals surface area contributed by atoms with E-state index in [0.717, 1.165) is 11.1 Å². The number of hydrogen-bond donors (Lipinski definition) is 1. The molecule has 1 atom stereocenters. The lowest BCUT2D eigenvalue weighted by Gasteiger charge is -2.31. The van der Waals surface area contributed by atoms with Crippen molar-refractivity contribution in [3.63, 3.8) is 0 Å². The summed E-state index contributed by atoms with van der Waals surface area (Å²) in [7, 11) is 1.78. The number of fused-ring (bicyclic) bond motifs is 1. The molecule has 2 aromatic carbocycles. The molecule has 8 heteroatoms. The van der Waals surface area contributed by atoms with Crippen molar-refractivity contribution < 1.29 is 18.4 Å². The topological polar surface area (TPSA) is 67.2 Å². The molecule has 2 amide bonds. The molecule has 1 aliphatic heterocycles. The molecule has 0 spiro atoms. The fourth-order valence-corrected chi connectivity index (χ4v) is 3.94. The van der Waals surface area contributed by atoms with Crippen molar-refractivity contribution in [2.24, 2.45) is 7.05 Å². The zero-order valence-corrected chi connectivity index (χ0v) is 17.7. The summed E-state index contributed by atoms with van der Waals surface area (Å²) in [6.45, 7) is 1.00. The average Bonchev–Trinajstić information content (AvgIpc) is 3.16. The Kier molecular flexibility index (Phi) is 6.30. The van der Waals surface area contributed by atoms with E-state index in [1.165, 1.54) is 24.3 Å². The molecule has 0 saturated carbocycles. The minimum absolute atomic E-state index is 0.129. The second kappa shape index (κ2) is 9.30. The van der Waals surface area contributed by atoms with Crippen LogP contribution in [0.1, 0.15) is 28.3 Å². The Balaban J connectivity index is 1.43. The molecule has 0 radical (unpaired) electrons. The Morgan fingerprint density at radius 1 is 1.03 bits per heavy atom. The molecule has 32 heavy (non-hydrogen) atoms. The lowest BCUT2D eigenvalue weighted by molar-refractivity contribution is -0.133. The highest BCUT2D eigenvalue weighted by Crippen LogP contribution is 2.28. The number of benzene rings is 2. The molecule has 4 rings (SSSR count). The SMILES string of the molecule is Cn1cc2c(n1)[C@@H](C(=O)NCCc1ccc(F)cc1)CN(C(=O)Cc1ccc(F)cc1)C2. The summed E-state index contributed by atoms with van der Waals surface area (Å²) >= 11 is 0. The molecule has 166 valence electrons. The lowest BCUT2D eigenvalue weighted by atomic mass is 9.95. The van der Waals surface area contributed by atoms with Crippen LogP contribution in [0.25, 0.3) is 0 Å². The van der Waals surface area contributed by atoms with Crippen LogP contribution in [0.4, 0.5) is 8.78 Å². The van der Waals surface area contributed by atoms with E-state index in [4.69, 9.17) is 0 Å². The monoisotopic (exact) mass is 438 g/mol. The molecule has 1 aliphatic rings. The van der Waals surface area contributed by atoms with E-state index in [0.29, 0.717) is 30.8 Å². The maximum atomic E-state index is 13.1. The largest absolute Gasteiger partial charge is 0.355 e. The summed E-state index contributed by atoms with van der Waals surface area (Å²) in [6.07, 6.45) is 2.53. The lowest BCUT2D eigenvalue weighted by Crippen LogP contribution is -2.44. The highest BCUT2D eigenvalue weighted by atomic mass is 19.1. The highest BCUT2D eigenvalue weighted by molar-refractivity contribution is 5.86. The summed E-state index contributed by atoms with van der Waals surface area (Å²) in [4.78, 5) is 27.5. The number of aryl methyl sites for hydroxylation is 1. The van der Waals surface area contributed by atoms with Gasteiger partial charge in [0.05, 0.1) is 18.0 Å². The zero-order valence-electron chi connectivity index (χ0n) is 17.7. The van der Waals surface area contributed by atoms with Crippen LogP contribution in [0, 0.1) is 11.6 Å². The van der Waals surface area contributed by atoms with Crippen LogP contribution in [-0.4, -0.2) is 39.6 Å². The first-order chi connectivity index (χ1) is 15.4. The van der Waals surface area contributed by atoms with Crippen LogP contribution in [0.15, 0.2) is 54.7 Å². The Hall–Kier alpha value is -3.55. The van der Waals surface area contributed by atoms with Gasteiger partial charge in [-0.3, -0.25) is 14.3 Å². The number of nitrogens with one attached hydrogen (secondary N) is 1. The second-order valence-corrected chi connectivity index (χ2v) is 8.01. The van der Waals surface area contributed by atoms with E-state index >= 15 is 0 Å². The summed E-state index contributed by atoms with van der Waals surface area (Å²) in [6, 6.07) is 12.0. The van der Waals surface area contributed by atoms with Gasteiger partial charge in [-0.2, -0.15) is 5.10 Å². The zero-order chi connectivity index (χ0) is 22.7. The van der Waals surface area contributed by atoms with Gasteiger partial charge in [-0.25, -0.2) is 8.78 Å². The van der Waals surface area contributed by atoms with E-state index in [2.05, 4.69) is 10.4 Å². The first kappa shape index (κ1) is 21.7. The Bertz CT molecular complexity index is 1110. The molecule has 6 nitrogen and oxygen atoms in total. The number of carbonyl (C=O) groups is 2. The minimum atomic E-state index is -0.578. The Morgan fingerprint density at radius 3 is 2.31 bits per heavy atom. The predicted octanol–water partition coefficient (Wildman–Crippen LogP) is 2.73. The fraction of sp³-hybridized carbons (Fsp3) is 0.292. The fourth-order valence-electron chi connectivity index (χ4n) is 3.94. The van der Waals surface area contributed by atoms with Crippen molar-refractivity contribution in [2.45, 2.75) is 25.3 Å². The van der Waals surface area contributed by atoms with Gasteiger partial charge in [0.2, 0.25) is 11.8 Å². The highest BCUT2D eigenvalue weighted by Gasteiger charge is 2.35. The van der Waals surface area contributed by atoms with Gasteiger partial charge < -0.3 is 10.2 Å². The smallest absolute Gasteiger partial charge is 0.231 e. The van der Waals surface area contributed by atoms with Crippen LogP contribution >= 0.6 is 0 Å². The molecule has 0 fully saturated rings. The number of carbonyl (C=O) groups excluding carboxylic acids is 2. The van der Waals surface area contributed by atoms with E-state index < -0.39 is 5.92 Å². The Morgan fingerprint density at radius 2 is 1.66 bits per heavy atom. The summed E-state index contributed by atoms with van der Waals surface area (Å²) < 4.78 is 27.9. The van der Waals surface area contributed by atoms with Crippen molar-refractivity contribution in [3.8, 4) is 0 Å². The average molecular weight is 438 g/mol. The van der Waals surface area contributed by atoms with Gasteiger partial charge in [-0.05, 0) is 41.8 Å². The summed E-state index contributed by atoms with van der Waals surface area (Å²) in [5, 5.41) is 7.37. The molecule has 3 aromatic rings. The molecule has 0 unspecified atom stereocenters. The number of nitrogens with zero attached hydrogens (tertiary/aromatic N) is 3. The number of rotatable bonds is 6. The van der Waals surface area contributed by atoms with Crippen LogP contribution < -0.4 is 5.32 Å². The van der Waals surface area contributed by atoms with Crippen LogP contribution in [-0.2, 0) is 36.0 Å². The number of aromatic nitrogens is 2. The maximum absolute atomic E-state index is 13.1. The third-order valence-corrected chi connectivity index (χ3v) is 5.60. The first-order valence-electron chi connectivity index (χ1n) is 10.5. The van der Waals surface area contributed by atoms with Crippen molar-refractivity contribution in [1.82, 2.24) is 20.0 Å². The van der Waals surface area contributed by atoms with E-state index in [1.807, 2.05) is 6.20 Å². The third kappa shape index (κ3) is 5.01. The summed E-state index contributed by atoms with van der Waals surface area (Å²) in [5.41, 5.74) is 3.15. The number of amides is 2. The Labute approximate surface area is 184 Å². The molecule has 2 heterocycles. The molecule has 0 bridgehead atoms. The van der Waals surface area contributed by atoms with Crippen molar-refractivity contribution >= 4 is 11.8 Å². The van der Waals surface area contributed by atoms with Crippen molar-refractivity contribution in [2.75, 3.05) is 13.1 Å². The number of halogens is 2. The van der Waals surface area contributed by atoms with Crippen LogP contribution in [0.5, 0.6) is 0 Å². The van der Waals surface area contributed by atoms with Gasteiger partial charge in [0, 0.05) is 38.4 Å². The standard InChI is InChI=1S/C24H24F2N4O2/c1-29-13-18-14-30(22(31)12-17-4-8-20(26)9-5-17)15-21(23(18)28-29)24(32)27-11-10-16-2-6-19(25)7-3-16/h2-9,13,21H,10-12,14-15H2,1H3,(H,27,32)/t21-/m0/s1. The molecular formula is C24H24F2N4O2. The van der Waals surface area contributed by atoms with E-state index in [1.54, 1.807) is 40.9 Å². The third-order valence-electron chi connectivity index (χ3n) is 5.60. The molecule has 1 aromatic heterocycles. The van der Waals surface area contributed by atoms with Gasteiger partial charge in [-0.1, -0.05) is 24.3 Å². The van der Waals surface area contributed by atoms with Crippen LogP contribution in [0.3, 0.4) is 0 Å². The van der Waals surface area contributed by atoms with Gasteiger partial charge >= 0.3 is 0 Å². The van der Waals surface area contributed by atoms with Crippen LogP contribution in [0.2, 0.25) is 0 Å². The van der Waals surface area contributed by atoms with E-state index in [-0.39, 0.29) is 36.4 Å². The van der Waals surface area contributed by atoms with Gasteiger partial charge in [0.1, 0.15) is 11.6 Å². The van der Waals surface area contributed by atoms with Crippen molar-refractivity contribution in [1.29, 1.82) is 0 Å². The first-order valence-corrected chi connectivity index (χ1v) is 10.5. The molecule has 0 aliphatic carbocycles. The maximum Gasteiger partial charge on any atom is 0.231 e. The summed E-state index contributed by atoms with van der Waals surface area (Å²) in [5.74, 6) is -1.56. The molecular weight excluding hydrogens is 414 g/mol. The quantitative estimate of drug-likeness (QED) is 0.644. The normalized spacial score (nSPS) is 15.3. The van der Waals surface area contributed by atoms with Gasteiger partial charge in [-0.15, -0.1) is 0 Å². The minimum Gasteiger partial charge on any atom is -0.355 e.